The monoisotopic (exact) mass is 383 g/mol. The molecule has 3 aromatic rings. The largest absolute Gasteiger partial charge is 0.450 e. The van der Waals surface area contributed by atoms with Crippen LogP contribution in [-0.4, -0.2) is 12.5 Å². The van der Waals surface area contributed by atoms with Crippen molar-refractivity contribution in [2.24, 2.45) is 0 Å². The minimum atomic E-state index is -0.169. The Morgan fingerprint density at radius 2 is 1.81 bits per heavy atom. The summed E-state index contributed by atoms with van der Waals surface area (Å²) >= 11 is 6.37. The third-order valence-corrected chi connectivity index (χ3v) is 5.09. The highest BCUT2D eigenvalue weighted by Crippen LogP contribution is 2.37. The molecule has 4 heteroatoms. The van der Waals surface area contributed by atoms with Gasteiger partial charge in [0.05, 0.1) is 5.02 Å². The summed E-state index contributed by atoms with van der Waals surface area (Å²) in [6, 6.07) is 13.5. The van der Waals surface area contributed by atoms with E-state index in [2.05, 4.69) is 12.2 Å². The van der Waals surface area contributed by atoms with E-state index >= 15 is 0 Å². The average Bonchev–Trinajstić information content (AvgIpc) is 3.03. The highest BCUT2D eigenvalue weighted by Gasteiger charge is 2.21. The fourth-order valence-electron chi connectivity index (χ4n) is 3.28. The number of nitrogens with one attached hydrogen (secondary N) is 1. The average molecular weight is 384 g/mol. The number of hydrogen-bond donors (Lipinski definition) is 1. The van der Waals surface area contributed by atoms with Crippen LogP contribution in [0.2, 0.25) is 5.02 Å². The number of fused-ring (bicyclic) bond motifs is 1. The minimum Gasteiger partial charge on any atom is -0.450 e. The second-order valence-electron chi connectivity index (χ2n) is 6.96. The van der Waals surface area contributed by atoms with Crippen molar-refractivity contribution >= 4 is 28.3 Å². The van der Waals surface area contributed by atoms with Gasteiger partial charge < -0.3 is 9.73 Å². The number of carbonyl (C=O) groups is 1. The van der Waals surface area contributed by atoms with E-state index in [0.717, 1.165) is 34.7 Å². The first-order valence-corrected chi connectivity index (χ1v) is 10.1. The Balaban J connectivity index is 1.86. The van der Waals surface area contributed by atoms with Crippen LogP contribution in [0.1, 0.15) is 55.1 Å². The summed E-state index contributed by atoms with van der Waals surface area (Å²) in [5, 5.41) is 5.34. The predicted octanol–water partition coefficient (Wildman–Crippen LogP) is 6.76. The molecule has 0 fully saturated rings. The third kappa shape index (κ3) is 4.54. The first-order valence-electron chi connectivity index (χ1n) is 9.68. The van der Waals surface area contributed by atoms with Crippen molar-refractivity contribution in [3.8, 4) is 11.3 Å². The highest BCUT2D eigenvalue weighted by molar-refractivity contribution is 6.33. The van der Waals surface area contributed by atoms with Gasteiger partial charge in [-0.25, -0.2) is 0 Å². The topological polar surface area (TPSA) is 42.2 Å². The van der Waals surface area contributed by atoms with Crippen molar-refractivity contribution in [2.45, 2.75) is 46.0 Å². The molecule has 1 aromatic heterocycles. The van der Waals surface area contributed by atoms with Gasteiger partial charge in [-0.3, -0.25) is 4.79 Å². The van der Waals surface area contributed by atoms with E-state index in [1.165, 1.54) is 19.3 Å². The number of furan rings is 1. The van der Waals surface area contributed by atoms with Gasteiger partial charge in [-0.1, -0.05) is 74.0 Å². The summed E-state index contributed by atoms with van der Waals surface area (Å²) in [4.78, 5) is 12.7. The summed E-state index contributed by atoms with van der Waals surface area (Å²) in [5.41, 5.74) is 1.91. The molecule has 1 heterocycles. The molecule has 0 aliphatic rings. The van der Waals surface area contributed by atoms with Crippen LogP contribution in [-0.2, 0) is 0 Å². The molecule has 27 heavy (non-hydrogen) atoms. The number of unbranched alkanes of at least 4 members (excludes halogenated alkanes) is 4. The molecule has 3 rings (SSSR count). The van der Waals surface area contributed by atoms with Crippen LogP contribution in [0.15, 0.2) is 46.9 Å². The summed E-state index contributed by atoms with van der Waals surface area (Å²) in [5.74, 6) is 0.832. The van der Waals surface area contributed by atoms with Gasteiger partial charge in [-0.05, 0) is 31.5 Å². The summed E-state index contributed by atoms with van der Waals surface area (Å²) in [7, 11) is 0. The van der Waals surface area contributed by atoms with Gasteiger partial charge in [0, 0.05) is 22.9 Å². The van der Waals surface area contributed by atoms with Crippen molar-refractivity contribution in [3.63, 3.8) is 0 Å². The van der Waals surface area contributed by atoms with Gasteiger partial charge in [0.15, 0.2) is 5.76 Å². The van der Waals surface area contributed by atoms with Gasteiger partial charge in [0.1, 0.15) is 5.76 Å². The molecule has 0 aliphatic carbocycles. The van der Waals surface area contributed by atoms with Gasteiger partial charge >= 0.3 is 0 Å². The number of rotatable bonds is 8. The molecule has 142 valence electrons. The van der Waals surface area contributed by atoms with Crippen molar-refractivity contribution in [3.05, 3.63) is 58.8 Å². The Bertz CT molecular complexity index is 929. The molecular weight excluding hydrogens is 358 g/mol. The number of aryl methyl sites for hydroxylation is 1. The second-order valence-corrected chi connectivity index (χ2v) is 7.37. The molecule has 0 saturated heterocycles. The number of halogens is 1. The molecule has 1 amide bonds. The Kier molecular flexibility index (Phi) is 6.57. The SMILES string of the molecule is CCCCCCCNC(=O)c1oc(-c2ccccc2Cl)c2cc(C)ccc12. The van der Waals surface area contributed by atoms with E-state index in [0.29, 0.717) is 23.1 Å². The molecule has 3 nitrogen and oxygen atoms in total. The Morgan fingerprint density at radius 1 is 1.04 bits per heavy atom. The van der Waals surface area contributed by atoms with E-state index in [9.17, 15) is 4.79 Å². The molecule has 2 aromatic carbocycles. The Labute approximate surface area is 165 Å². The molecule has 0 atom stereocenters. The summed E-state index contributed by atoms with van der Waals surface area (Å²) < 4.78 is 6.05. The van der Waals surface area contributed by atoms with Crippen LogP contribution >= 0.6 is 11.6 Å². The van der Waals surface area contributed by atoms with E-state index < -0.39 is 0 Å². The minimum absolute atomic E-state index is 0.169. The highest BCUT2D eigenvalue weighted by atomic mass is 35.5. The number of carbonyl (C=O) groups excluding carboxylic acids is 1. The van der Waals surface area contributed by atoms with Crippen LogP contribution in [0.25, 0.3) is 22.1 Å². The maximum atomic E-state index is 12.7. The van der Waals surface area contributed by atoms with Crippen LogP contribution in [0.5, 0.6) is 0 Å². The standard InChI is InChI=1S/C23H26ClNO2/c1-3-4-5-6-9-14-25-23(26)22-17-13-12-16(2)15-19(17)21(27-22)18-10-7-8-11-20(18)24/h7-8,10-13,15H,3-6,9,14H2,1-2H3,(H,25,26). The number of amides is 1. The maximum absolute atomic E-state index is 12.7. The van der Waals surface area contributed by atoms with Crippen LogP contribution in [0.4, 0.5) is 0 Å². The van der Waals surface area contributed by atoms with E-state index in [1.807, 2.05) is 49.4 Å². The van der Waals surface area contributed by atoms with Gasteiger partial charge in [0.2, 0.25) is 0 Å². The van der Waals surface area contributed by atoms with Crippen LogP contribution in [0, 0.1) is 6.92 Å². The molecule has 0 aliphatic heterocycles. The lowest BCUT2D eigenvalue weighted by Gasteiger charge is -2.04. The van der Waals surface area contributed by atoms with Crippen molar-refractivity contribution in [2.75, 3.05) is 6.54 Å². The first kappa shape index (κ1) is 19.5. The molecule has 0 bridgehead atoms. The van der Waals surface area contributed by atoms with Crippen molar-refractivity contribution in [1.29, 1.82) is 0 Å². The van der Waals surface area contributed by atoms with Gasteiger partial charge in [-0.15, -0.1) is 0 Å². The lowest BCUT2D eigenvalue weighted by atomic mass is 10.0. The zero-order chi connectivity index (χ0) is 19.2. The summed E-state index contributed by atoms with van der Waals surface area (Å²) in [6.07, 6.45) is 5.80. The van der Waals surface area contributed by atoms with Crippen LogP contribution < -0.4 is 5.32 Å². The molecular formula is C23H26ClNO2. The third-order valence-electron chi connectivity index (χ3n) is 4.76. The summed E-state index contributed by atoms with van der Waals surface area (Å²) in [6.45, 7) is 4.89. The smallest absolute Gasteiger partial charge is 0.287 e. The zero-order valence-electron chi connectivity index (χ0n) is 16.0. The van der Waals surface area contributed by atoms with E-state index in [-0.39, 0.29) is 5.91 Å². The van der Waals surface area contributed by atoms with Crippen molar-refractivity contribution in [1.82, 2.24) is 5.32 Å². The van der Waals surface area contributed by atoms with Gasteiger partial charge in [-0.2, -0.15) is 0 Å². The van der Waals surface area contributed by atoms with E-state index in [4.69, 9.17) is 16.0 Å². The first-order chi connectivity index (χ1) is 13.1. The van der Waals surface area contributed by atoms with Crippen molar-refractivity contribution < 1.29 is 9.21 Å². The molecule has 1 N–H and O–H groups in total. The molecule has 0 saturated carbocycles. The second kappa shape index (κ2) is 9.09. The van der Waals surface area contributed by atoms with E-state index in [1.54, 1.807) is 0 Å². The van der Waals surface area contributed by atoms with Gasteiger partial charge in [0.25, 0.3) is 5.91 Å². The number of hydrogen-bond acceptors (Lipinski definition) is 2. The molecule has 0 spiro atoms. The maximum Gasteiger partial charge on any atom is 0.287 e. The zero-order valence-corrected chi connectivity index (χ0v) is 16.7. The molecule has 0 radical (unpaired) electrons. The fraction of sp³-hybridized carbons (Fsp3) is 0.348. The predicted molar refractivity (Wildman–Crippen MR) is 112 cm³/mol. The Morgan fingerprint density at radius 3 is 2.59 bits per heavy atom. The lowest BCUT2D eigenvalue weighted by molar-refractivity contribution is 0.0928. The molecule has 0 unspecified atom stereocenters. The number of benzene rings is 2. The quantitative estimate of drug-likeness (QED) is 0.436. The lowest BCUT2D eigenvalue weighted by Crippen LogP contribution is -2.24. The fourth-order valence-corrected chi connectivity index (χ4v) is 3.50. The van der Waals surface area contributed by atoms with Crippen LogP contribution in [0.3, 0.4) is 0 Å². The Hall–Kier alpha value is -2.26. The normalized spacial score (nSPS) is 11.1.